The Labute approximate surface area is 772 Å². The summed E-state index contributed by atoms with van der Waals surface area (Å²) in [6.45, 7) is 13.7. The lowest BCUT2D eigenvalue weighted by Crippen LogP contribution is -1.93. The van der Waals surface area contributed by atoms with Gasteiger partial charge in [-0.05, 0) is 246 Å². The number of rotatable bonds is 44. The molecule has 10 aromatic carbocycles. The molecule has 14 rings (SSSR count). The lowest BCUT2D eigenvalue weighted by atomic mass is 9.88. The van der Waals surface area contributed by atoms with Crippen LogP contribution in [0.25, 0.3) is 86.2 Å². The quantitative estimate of drug-likeness (QED) is 0.0203. The Morgan fingerprint density at radius 1 is 0.202 bits per heavy atom. The Kier molecular flexibility index (Phi) is 38.1. The van der Waals surface area contributed by atoms with E-state index in [0.717, 1.165) is 87.9 Å². The van der Waals surface area contributed by atoms with Crippen molar-refractivity contribution in [2.24, 2.45) is 0 Å². The zero-order valence-electron chi connectivity index (χ0n) is 75.7. The molecule has 0 aliphatic carbocycles. The van der Waals surface area contributed by atoms with Gasteiger partial charge in [-0.2, -0.15) is 0 Å². The van der Waals surface area contributed by atoms with Gasteiger partial charge in [0.15, 0.2) is 0 Å². The van der Waals surface area contributed by atoms with Gasteiger partial charge >= 0.3 is 0 Å². The van der Waals surface area contributed by atoms with Crippen molar-refractivity contribution in [3.05, 3.63) is 252 Å². The molecule has 0 nitrogen and oxygen atoms in total. The van der Waals surface area contributed by atoms with Gasteiger partial charge in [0, 0.05) is 32.0 Å². The topological polar surface area (TPSA) is 0 Å². The fourth-order valence-electron chi connectivity index (χ4n) is 18.5. The number of fused-ring (bicyclic) bond motifs is 8. The van der Waals surface area contributed by atoms with E-state index in [1.807, 2.05) is 22.7 Å². The Bertz CT molecular complexity index is 5140. The first kappa shape index (κ1) is 93.5. The molecule has 0 amide bonds. The minimum atomic E-state index is 0.815. The summed E-state index contributed by atoms with van der Waals surface area (Å²) < 4.78 is 1.63. The van der Waals surface area contributed by atoms with E-state index in [9.17, 15) is 0 Å². The summed E-state index contributed by atoms with van der Waals surface area (Å²) >= 11 is 20.4. The van der Waals surface area contributed by atoms with E-state index >= 15 is 0 Å². The molecule has 4 aromatic heterocycles. The van der Waals surface area contributed by atoms with E-state index in [0.29, 0.717) is 0 Å². The van der Waals surface area contributed by atoms with Crippen molar-refractivity contribution in [1.82, 2.24) is 0 Å². The second-order valence-corrected chi connectivity index (χ2v) is 41.3. The van der Waals surface area contributed by atoms with E-state index in [1.54, 1.807) is 22.7 Å². The second-order valence-electron chi connectivity index (χ2n) is 35.4. The molecule has 0 N–H and O–H groups in total. The van der Waals surface area contributed by atoms with Gasteiger partial charge in [0.25, 0.3) is 0 Å². The van der Waals surface area contributed by atoms with Crippen LogP contribution < -0.4 is 0 Å². The number of aryl methyl sites for hydroxylation is 6. The fraction of sp³-hybridized carbons (Fsp3) is 0.424. The molecule has 644 valence electrons. The Balaban J connectivity index is 0.000000213. The van der Waals surface area contributed by atoms with Gasteiger partial charge < -0.3 is 0 Å². The third-order valence-corrected chi connectivity index (χ3v) is 30.0. The molecule has 4 heterocycles. The highest BCUT2D eigenvalue weighted by atomic mass is 35.5. The maximum absolute atomic E-state index is 6.72. The van der Waals surface area contributed by atoms with Crippen LogP contribution in [0, 0.1) is 61.2 Å². The summed E-state index contributed by atoms with van der Waals surface area (Å²) in [5.74, 6) is 30.2. The maximum atomic E-state index is 6.72. The lowest BCUT2D eigenvalue weighted by Gasteiger charge is -2.14. The average Bonchev–Trinajstić information content (AvgIpc) is 0.962. The molecule has 6 heteroatoms. The highest BCUT2D eigenvalue weighted by Gasteiger charge is 2.20. The molecule has 124 heavy (non-hydrogen) atoms. The normalized spacial score (nSPS) is 11.4. The maximum Gasteiger partial charge on any atom is 0.0944 e. The van der Waals surface area contributed by atoms with E-state index in [1.165, 1.54) is 363 Å². The molecule has 0 radical (unpaired) electrons. The summed E-state index contributed by atoms with van der Waals surface area (Å²) in [6.07, 6.45) is 58.0. The van der Waals surface area contributed by atoms with Crippen molar-refractivity contribution < 1.29 is 0 Å². The van der Waals surface area contributed by atoms with Gasteiger partial charge in [-0.1, -0.05) is 426 Å². The number of hydrogen-bond acceptors (Lipinski definition) is 4. The van der Waals surface area contributed by atoms with Crippen LogP contribution in [0.15, 0.2) is 170 Å². The SMILES string of the molecule is CCCCCCCCCCCCc1cc(C)sc1C#Cc1c2cc3ccccc3cc2c(C#Cc2sc(C)cc2CCCCCCCCCCCC)c2cc3ccccc3cc12.CCCCCCCCCCCCc1cc(Cl)sc1C#Cc1c2cc3ccccc3cc2c(C#Cc2sc(Cl)cc2CCCCCCCCCCCC)c2cc3ccccc3cc12. The summed E-state index contributed by atoms with van der Waals surface area (Å²) in [5, 5.41) is 19.1. The number of halogens is 2. The fourth-order valence-corrected chi connectivity index (χ4v) is 22.7. The number of hydrogen-bond donors (Lipinski definition) is 0. The summed E-state index contributed by atoms with van der Waals surface area (Å²) in [6, 6.07) is 62.8. The molecular formula is C118H134Cl2S4. The minimum Gasteiger partial charge on any atom is -0.132 e. The lowest BCUT2D eigenvalue weighted by molar-refractivity contribution is 0.556. The highest BCUT2D eigenvalue weighted by Crippen LogP contribution is 2.42. The summed E-state index contributed by atoms with van der Waals surface area (Å²) in [4.78, 5) is 7.33. The molecule has 0 atom stereocenters. The molecule has 0 unspecified atom stereocenters. The van der Waals surface area contributed by atoms with Crippen LogP contribution >= 0.6 is 68.5 Å². The van der Waals surface area contributed by atoms with Crippen LogP contribution in [-0.2, 0) is 25.7 Å². The predicted octanol–water partition coefficient (Wildman–Crippen LogP) is 38.2. The zero-order valence-corrected chi connectivity index (χ0v) is 80.4. The third kappa shape index (κ3) is 27.0. The monoisotopic (exact) mass is 1750 g/mol. The third-order valence-electron chi connectivity index (χ3n) is 25.5. The van der Waals surface area contributed by atoms with Gasteiger partial charge in [-0.3, -0.25) is 0 Å². The molecule has 0 saturated heterocycles. The van der Waals surface area contributed by atoms with Crippen molar-refractivity contribution in [1.29, 1.82) is 0 Å². The summed E-state index contributed by atoms with van der Waals surface area (Å²) in [5.41, 5.74) is 9.73. The van der Waals surface area contributed by atoms with Gasteiger partial charge in [0.1, 0.15) is 0 Å². The van der Waals surface area contributed by atoms with E-state index in [4.69, 9.17) is 23.2 Å². The standard InChI is InChI=1S/C60H70S2.C58H64Cl2S2/c1-5-7-9-11-13-15-17-19-21-23-33-51-39-45(3)61-59(51)37-35-53-55-41-47-29-25-27-31-49(47)43-57(55)54(58-44-50-32-28-26-30-48(50)42-56(53)58)36-38-60-52(40-46(4)62-60)34-24-22-20-18-16-14-12-10-8-6-2;1-3-5-7-9-11-13-15-17-19-21-31-47-41-57(59)61-55(47)35-33-49-51-37-43-27-23-25-29-45(43)39-53(51)50(54-40-46-30-26-24-28-44(46)38-52(49)54)34-36-56-48(42-58(60)62-56)32-22-20-18-16-14-12-10-8-6-4-2/h25-32,39-44H,5-24,33-34H2,1-4H3;23-30,37-42H,3-22,31-32H2,1-2H3. The largest absolute Gasteiger partial charge is 0.132 e. The van der Waals surface area contributed by atoms with Crippen molar-refractivity contribution >= 4 is 155 Å². The molecule has 0 bridgehead atoms. The molecule has 0 saturated carbocycles. The van der Waals surface area contributed by atoms with Crippen LogP contribution in [-0.4, -0.2) is 0 Å². The van der Waals surface area contributed by atoms with E-state index in [2.05, 4.69) is 259 Å². The Hall–Kier alpha value is -8.10. The first-order valence-electron chi connectivity index (χ1n) is 48.5. The van der Waals surface area contributed by atoms with E-state index < -0.39 is 0 Å². The van der Waals surface area contributed by atoms with Gasteiger partial charge in [0.05, 0.1) is 28.2 Å². The van der Waals surface area contributed by atoms with Crippen molar-refractivity contribution in [2.75, 3.05) is 0 Å². The van der Waals surface area contributed by atoms with Gasteiger partial charge in [-0.25, -0.2) is 0 Å². The molecule has 14 aromatic rings. The molecule has 0 aliphatic rings. The van der Waals surface area contributed by atoms with E-state index in [-0.39, 0.29) is 0 Å². The zero-order chi connectivity index (χ0) is 85.9. The first-order chi connectivity index (χ1) is 61.0. The van der Waals surface area contributed by atoms with Crippen LogP contribution in [0.2, 0.25) is 8.67 Å². The van der Waals surface area contributed by atoms with Crippen LogP contribution in [0.4, 0.5) is 0 Å². The van der Waals surface area contributed by atoms with Crippen molar-refractivity contribution in [3.8, 4) is 47.4 Å². The Morgan fingerprint density at radius 2 is 0.371 bits per heavy atom. The second kappa shape index (κ2) is 50.4. The average molecular weight is 1750 g/mol. The highest BCUT2D eigenvalue weighted by molar-refractivity contribution is 7.17. The van der Waals surface area contributed by atoms with Crippen molar-refractivity contribution in [2.45, 2.75) is 324 Å². The van der Waals surface area contributed by atoms with Crippen LogP contribution in [0.1, 0.15) is 358 Å². The first-order valence-corrected chi connectivity index (χ1v) is 52.5. The number of unbranched alkanes of at least 4 members (excludes halogenated alkanes) is 36. The predicted molar refractivity (Wildman–Crippen MR) is 556 cm³/mol. The molecular weight excluding hydrogens is 1620 g/mol. The van der Waals surface area contributed by atoms with Gasteiger partial charge in [-0.15, -0.1) is 45.3 Å². The summed E-state index contributed by atoms with van der Waals surface area (Å²) in [7, 11) is 0. The molecule has 0 fully saturated rings. The van der Waals surface area contributed by atoms with Crippen LogP contribution in [0.3, 0.4) is 0 Å². The number of thiophene rings is 4. The smallest absolute Gasteiger partial charge is 0.0944 e. The number of benzene rings is 10. The molecule has 0 spiro atoms. The molecule has 0 aliphatic heterocycles. The van der Waals surface area contributed by atoms with Crippen molar-refractivity contribution in [3.63, 3.8) is 0 Å². The van der Waals surface area contributed by atoms with Gasteiger partial charge in [0.2, 0.25) is 0 Å². The minimum absolute atomic E-state index is 0.815. The van der Waals surface area contributed by atoms with Crippen LogP contribution in [0.5, 0.6) is 0 Å². The Morgan fingerprint density at radius 3 is 0.565 bits per heavy atom.